The number of hydrogen-bond donors (Lipinski definition) is 0. The van der Waals surface area contributed by atoms with Crippen LogP contribution in [0.5, 0.6) is 5.75 Å². The lowest BCUT2D eigenvalue weighted by Crippen LogP contribution is -2.29. The van der Waals surface area contributed by atoms with Gasteiger partial charge in [-0.2, -0.15) is 21.6 Å². The number of carbonyl (C=O) groups is 1. The predicted molar refractivity (Wildman–Crippen MR) is 109 cm³/mol. The van der Waals surface area contributed by atoms with E-state index >= 15 is 0 Å². The highest BCUT2D eigenvalue weighted by atomic mass is 32.2. The normalized spacial score (nSPS) is 15.8. The van der Waals surface area contributed by atoms with Crippen LogP contribution in [0.4, 0.5) is 13.2 Å². The van der Waals surface area contributed by atoms with E-state index in [0.717, 1.165) is 19.3 Å². The van der Waals surface area contributed by atoms with Gasteiger partial charge in [-0.15, -0.1) is 5.54 Å². The zero-order valence-electron chi connectivity index (χ0n) is 17.4. The van der Waals surface area contributed by atoms with Crippen LogP contribution in [0.15, 0.2) is 12.1 Å². The number of rotatable bonds is 4. The van der Waals surface area contributed by atoms with Gasteiger partial charge in [0.05, 0.1) is 18.2 Å². The molecular formula is C20H25F3O5SSi. The molecule has 0 amide bonds. The van der Waals surface area contributed by atoms with Crippen LogP contribution in [0, 0.1) is 11.5 Å². The Morgan fingerprint density at radius 3 is 2.23 bits per heavy atom. The number of alkyl halides is 3. The molecule has 2 rings (SSSR count). The number of benzene rings is 1. The molecule has 0 N–H and O–H groups in total. The Balaban J connectivity index is 2.77. The molecule has 0 unspecified atom stereocenters. The van der Waals surface area contributed by atoms with E-state index in [1.54, 1.807) is 0 Å². The largest absolute Gasteiger partial charge is 0.534 e. The minimum Gasteiger partial charge on any atom is -0.465 e. The average Bonchev–Trinajstić information content (AvgIpc) is 2.65. The van der Waals surface area contributed by atoms with Gasteiger partial charge in [0.2, 0.25) is 0 Å². The van der Waals surface area contributed by atoms with E-state index in [0.29, 0.717) is 12.8 Å². The highest BCUT2D eigenvalue weighted by molar-refractivity contribution is 7.88. The van der Waals surface area contributed by atoms with Gasteiger partial charge < -0.3 is 8.92 Å². The van der Waals surface area contributed by atoms with E-state index in [4.69, 9.17) is 4.74 Å². The van der Waals surface area contributed by atoms with Crippen LogP contribution in [0.25, 0.3) is 0 Å². The van der Waals surface area contributed by atoms with Crippen molar-refractivity contribution in [2.75, 3.05) is 7.11 Å². The minimum absolute atomic E-state index is 0.0614. The fourth-order valence-electron chi connectivity index (χ4n) is 3.20. The Hall–Kier alpha value is -1.99. The Kier molecular flexibility index (Phi) is 7.30. The van der Waals surface area contributed by atoms with Crippen LogP contribution >= 0.6 is 0 Å². The summed E-state index contributed by atoms with van der Waals surface area (Å²) in [4.78, 5) is 12.2. The summed E-state index contributed by atoms with van der Waals surface area (Å²) in [6.45, 7) is 5.79. The average molecular weight is 463 g/mol. The first-order valence-electron chi connectivity index (χ1n) is 9.55. The van der Waals surface area contributed by atoms with E-state index in [9.17, 15) is 26.4 Å². The molecule has 166 valence electrons. The Labute approximate surface area is 176 Å². The van der Waals surface area contributed by atoms with E-state index in [2.05, 4.69) is 15.6 Å². The summed E-state index contributed by atoms with van der Waals surface area (Å²) in [7, 11) is -6.68. The summed E-state index contributed by atoms with van der Waals surface area (Å²) in [5.74, 6) is 1.40. The lowest BCUT2D eigenvalue weighted by atomic mass is 9.82. The number of esters is 1. The highest BCUT2D eigenvalue weighted by Crippen LogP contribution is 2.41. The van der Waals surface area contributed by atoms with Crippen LogP contribution in [-0.2, 0) is 14.9 Å². The van der Waals surface area contributed by atoms with Gasteiger partial charge in [0.15, 0.2) is 5.75 Å². The maximum Gasteiger partial charge on any atom is 0.534 e. The number of hydrogen-bond acceptors (Lipinski definition) is 5. The van der Waals surface area contributed by atoms with Gasteiger partial charge in [0.1, 0.15) is 8.07 Å². The summed E-state index contributed by atoms with van der Waals surface area (Å²) in [6.07, 6.45) is 3.96. The summed E-state index contributed by atoms with van der Waals surface area (Å²) < 4.78 is 72.1. The molecule has 0 aliphatic heterocycles. The van der Waals surface area contributed by atoms with Gasteiger partial charge in [-0.1, -0.05) is 44.8 Å². The van der Waals surface area contributed by atoms with Gasteiger partial charge in [-0.05, 0) is 30.9 Å². The van der Waals surface area contributed by atoms with Crippen molar-refractivity contribution < 1.29 is 35.3 Å². The van der Waals surface area contributed by atoms with Crippen molar-refractivity contribution >= 4 is 24.2 Å². The molecule has 1 saturated carbocycles. The Morgan fingerprint density at radius 1 is 1.13 bits per heavy atom. The van der Waals surface area contributed by atoms with Crippen molar-refractivity contribution in [2.24, 2.45) is 0 Å². The third-order valence-electron chi connectivity index (χ3n) is 4.63. The first-order chi connectivity index (χ1) is 13.7. The fourth-order valence-corrected chi connectivity index (χ4v) is 4.21. The molecule has 0 bridgehead atoms. The van der Waals surface area contributed by atoms with Crippen molar-refractivity contribution in [3.8, 4) is 17.2 Å². The second-order valence-corrected chi connectivity index (χ2v) is 14.5. The zero-order chi connectivity index (χ0) is 22.7. The number of ether oxygens (including phenoxy) is 1. The van der Waals surface area contributed by atoms with E-state index in [-0.39, 0.29) is 22.6 Å². The summed E-state index contributed by atoms with van der Waals surface area (Å²) >= 11 is 0. The third-order valence-corrected chi connectivity index (χ3v) is 6.46. The lowest BCUT2D eigenvalue weighted by Gasteiger charge is -2.25. The zero-order valence-corrected chi connectivity index (χ0v) is 19.2. The van der Waals surface area contributed by atoms with Crippen molar-refractivity contribution in [1.29, 1.82) is 0 Å². The van der Waals surface area contributed by atoms with Crippen LogP contribution in [-0.4, -0.2) is 35.1 Å². The van der Waals surface area contributed by atoms with Crippen LogP contribution in [0.2, 0.25) is 19.6 Å². The van der Waals surface area contributed by atoms with Gasteiger partial charge in [0.25, 0.3) is 0 Å². The molecule has 0 radical (unpaired) electrons. The molecule has 0 atom stereocenters. The monoisotopic (exact) mass is 462 g/mol. The molecule has 0 aromatic heterocycles. The van der Waals surface area contributed by atoms with Crippen LogP contribution < -0.4 is 4.18 Å². The number of carbonyl (C=O) groups excluding carboxylic acids is 1. The smallest absolute Gasteiger partial charge is 0.465 e. The van der Waals surface area contributed by atoms with Gasteiger partial charge in [0, 0.05) is 5.56 Å². The summed E-state index contributed by atoms with van der Waals surface area (Å²) in [5.41, 5.74) is -2.31. The van der Waals surface area contributed by atoms with Crippen molar-refractivity contribution in [3.63, 3.8) is 0 Å². The maximum atomic E-state index is 13.0. The molecule has 10 heteroatoms. The van der Waals surface area contributed by atoms with Crippen molar-refractivity contribution in [2.45, 2.75) is 63.2 Å². The topological polar surface area (TPSA) is 69.7 Å². The summed E-state index contributed by atoms with van der Waals surface area (Å²) in [5, 5.41) is 0. The SMILES string of the molecule is COC(=O)c1cc(C#C[Si](C)(C)C)c(OS(=O)(=O)C(F)(F)F)c(C2CCCCC2)c1. The third kappa shape index (κ3) is 6.01. The standard InChI is InChI=1S/C20H25F3O5SSi/c1-27-19(24)16-12-15(10-11-30(2,3)4)18(28-29(25,26)20(21,22)23)17(13-16)14-8-6-5-7-9-14/h12-14H,5-9H2,1-4H3. The highest BCUT2D eigenvalue weighted by Gasteiger charge is 2.49. The quantitative estimate of drug-likeness (QED) is 0.208. The van der Waals surface area contributed by atoms with Gasteiger partial charge in [-0.3, -0.25) is 0 Å². The van der Waals surface area contributed by atoms with Crippen LogP contribution in [0.3, 0.4) is 0 Å². The first kappa shape index (κ1) is 24.3. The Bertz CT molecular complexity index is 963. The molecule has 5 nitrogen and oxygen atoms in total. The second-order valence-electron chi connectivity index (χ2n) is 8.25. The molecule has 1 aromatic rings. The van der Waals surface area contributed by atoms with Crippen molar-refractivity contribution in [1.82, 2.24) is 0 Å². The maximum absolute atomic E-state index is 13.0. The molecule has 0 heterocycles. The van der Waals surface area contributed by atoms with E-state index in [1.807, 2.05) is 19.6 Å². The molecular weight excluding hydrogens is 437 g/mol. The summed E-state index contributed by atoms with van der Waals surface area (Å²) in [6, 6.07) is 2.59. The lowest BCUT2D eigenvalue weighted by molar-refractivity contribution is -0.0500. The molecule has 0 saturated heterocycles. The predicted octanol–water partition coefficient (Wildman–Crippen LogP) is 4.98. The molecule has 30 heavy (non-hydrogen) atoms. The van der Waals surface area contributed by atoms with E-state index in [1.165, 1.54) is 19.2 Å². The molecule has 1 aliphatic rings. The molecule has 0 spiro atoms. The second kappa shape index (κ2) is 9.02. The number of methoxy groups -OCH3 is 1. The molecule has 1 fully saturated rings. The van der Waals surface area contributed by atoms with Crippen LogP contribution in [0.1, 0.15) is 59.5 Å². The number of halogens is 3. The fraction of sp³-hybridized carbons (Fsp3) is 0.550. The van der Waals surface area contributed by atoms with Gasteiger partial charge >= 0.3 is 21.6 Å². The minimum atomic E-state index is -5.90. The first-order valence-corrected chi connectivity index (χ1v) is 14.5. The van der Waals surface area contributed by atoms with Gasteiger partial charge in [-0.25, -0.2) is 4.79 Å². The van der Waals surface area contributed by atoms with Crippen molar-refractivity contribution in [3.05, 3.63) is 28.8 Å². The Morgan fingerprint density at radius 2 is 1.73 bits per heavy atom. The molecule has 1 aromatic carbocycles. The molecule has 1 aliphatic carbocycles. The van der Waals surface area contributed by atoms with E-state index < -0.39 is 35.4 Å².